The zero-order valence-corrected chi connectivity index (χ0v) is 13.0. The van der Waals surface area contributed by atoms with Crippen molar-refractivity contribution in [3.8, 4) is 0 Å². The largest absolute Gasteiger partial charge is 0.385 e. The van der Waals surface area contributed by atoms with E-state index in [4.69, 9.17) is 0 Å². The van der Waals surface area contributed by atoms with Gasteiger partial charge in [0, 0.05) is 31.2 Å². The van der Waals surface area contributed by atoms with Gasteiger partial charge in [0.1, 0.15) is 0 Å². The molecule has 1 N–H and O–H groups in total. The molecule has 5 nitrogen and oxygen atoms in total. The zero-order valence-electron chi connectivity index (χ0n) is 12.2. The summed E-state index contributed by atoms with van der Waals surface area (Å²) in [5, 5.41) is 3.30. The Morgan fingerprint density at radius 1 is 1.19 bits per heavy atom. The number of hydrogen-bond donors (Lipinski definition) is 1. The minimum absolute atomic E-state index is 0.133. The van der Waals surface area contributed by atoms with Crippen molar-refractivity contribution in [3.05, 3.63) is 43.0 Å². The van der Waals surface area contributed by atoms with Crippen LogP contribution in [0.15, 0.2) is 47.9 Å². The Kier molecular flexibility index (Phi) is 5.38. The second-order valence-electron chi connectivity index (χ2n) is 4.86. The maximum absolute atomic E-state index is 11.7. The Morgan fingerprint density at radius 3 is 2.57 bits per heavy atom. The first kappa shape index (κ1) is 15.6. The standard InChI is InChI=1S/C15H21N3O2S/c1-2-21(19,20)15-7-5-14(6-8-15)17-9-3-4-11-18-12-10-16-13-18/h5-8,10,12-13,17H,2-4,9,11H2,1H3. The van der Waals surface area contributed by atoms with E-state index in [-0.39, 0.29) is 5.75 Å². The molecular formula is C15H21N3O2S. The summed E-state index contributed by atoms with van der Waals surface area (Å²) < 4.78 is 25.5. The second-order valence-corrected chi connectivity index (χ2v) is 7.14. The van der Waals surface area contributed by atoms with Gasteiger partial charge in [-0.15, -0.1) is 0 Å². The van der Waals surface area contributed by atoms with Crippen LogP contribution < -0.4 is 5.32 Å². The van der Waals surface area contributed by atoms with Crippen molar-refractivity contribution in [2.24, 2.45) is 0 Å². The highest BCUT2D eigenvalue weighted by Gasteiger charge is 2.10. The molecule has 0 aliphatic rings. The lowest BCUT2D eigenvalue weighted by Crippen LogP contribution is -2.05. The van der Waals surface area contributed by atoms with E-state index in [0.717, 1.165) is 31.6 Å². The van der Waals surface area contributed by atoms with Gasteiger partial charge in [0.25, 0.3) is 0 Å². The molecule has 0 atom stereocenters. The van der Waals surface area contributed by atoms with Gasteiger partial charge in [0.05, 0.1) is 17.0 Å². The second kappa shape index (κ2) is 7.26. The minimum Gasteiger partial charge on any atom is -0.385 e. The van der Waals surface area contributed by atoms with Crippen molar-refractivity contribution < 1.29 is 8.42 Å². The monoisotopic (exact) mass is 307 g/mol. The molecule has 1 aromatic carbocycles. The molecule has 114 valence electrons. The number of nitrogens with zero attached hydrogens (tertiary/aromatic N) is 2. The van der Waals surface area contributed by atoms with E-state index < -0.39 is 9.84 Å². The molecule has 2 rings (SSSR count). The summed E-state index contributed by atoms with van der Waals surface area (Å²) in [5.74, 6) is 0.133. The third kappa shape index (κ3) is 4.60. The summed E-state index contributed by atoms with van der Waals surface area (Å²) in [7, 11) is -3.11. The number of imidazole rings is 1. The maximum atomic E-state index is 11.7. The van der Waals surface area contributed by atoms with Gasteiger partial charge in [0.2, 0.25) is 0 Å². The lowest BCUT2D eigenvalue weighted by Gasteiger charge is -2.08. The predicted octanol–water partition coefficient (Wildman–Crippen LogP) is 2.57. The lowest BCUT2D eigenvalue weighted by molar-refractivity contribution is 0.597. The fourth-order valence-corrected chi connectivity index (χ4v) is 2.90. The molecule has 2 aromatic rings. The fourth-order valence-electron chi connectivity index (χ4n) is 2.02. The number of nitrogens with one attached hydrogen (secondary N) is 1. The van der Waals surface area contributed by atoms with E-state index in [1.165, 1.54) is 0 Å². The van der Waals surface area contributed by atoms with Crippen LogP contribution in [-0.4, -0.2) is 30.3 Å². The molecule has 0 amide bonds. The van der Waals surface area contributed by atoms with Gasteiger partial charge < -0.3 is 9.88 Å². The van der Waals surface area contributed by atoms with Crippen LogP contribution in [0.5, 0.6) is 0 Å². The molecule has 0 saturated heterocycles. The Labute approximate surface area is 125 Å². The van der Waals surface area contributed by atoms with Gasteiger partial charge in [-0.2, -0.15) is 0 Å². The number of benzene rings is 1. The normalized spacial score (nSPS) is 11.5. The molecule has 0 aliphatic heterocycles. The summed E-state index contributed by atoms with van der Waals surface area (Å²) in [6.07, 6.45) is 7.68. The van der Waals surface area contributed by atoms with Crippen molar-refractivity contribution >= 4 is 15.5 Å². The Balaban J connectivity index is 1.74. The van der Waals surface area contributed by atoms with Gasteiger partial charge in [-0.25, -0.2) is 13.4 Å². The molecule has 0 aliphatic carbocycles. The van der Waals surface area contributed by atoms with E-state index in [9.17, 15) is 8.42 Å². The molecule has 0 saturated carbocycles. The third-order valence-corrected chi connectivity index (χ3v) is 5.08. The number of hydrogen-bond acceptors (Lipinski definition) is 4. The van der Waals surface area contributed by atoms with Crippen LogP contribution in [0.3, 0.4) is 0 Å². The number of anilines is 1. The smallest absolute Gasteiger partial charge is 0.178 e. The summed E-state index contributed by atoms with van der Waals surface area (Å²) >= 11 is 0. The summed E-state index contributed by atoms with van der Waals surface area (Å²) in [6, 6.07) is 6.95. The van der Waals surface area contributed by atoms with Crippen molar-refractivity contribution in [1.29, 1.82) is 0 Å². The van der Waals surface area contributed by atoms with Gasteiger partial charge in [-0.3, -0.25) is 0 Å². The van der Waals surface area contributed by atoms with Crippen LogP contribution in [0.1, 0.15) is 19.8 Å². The molecule has 6 heteroatoms. The minimum atomic E-state index is -3.11. The van der Waals surface area contributed by atoms with E-state index in [0.29, 0.717) is 4.90 Å². The van der Waals surface area contributed by atoms with Crippen LogP contribution in [0.4, 0.5) is 5.69 Å². The van der Waals surface area contributed by atoms with Gasteiger partial charge >= 0.3 is 0 Å². The maximum Gasteiger partial charge on any atom is 0.178 e. The highest BCUT2D eigenvalue weighted by Crippen LogP contribution is 2.15. The molecule has 0 fully saturated rings. The first-order chi connectivity index (χ1) is 10.1. The number of rotatable bonds is 8. The van der Waals surface area contributed by atoms with Crippen molar-refractivity contribution in [2.75, 3.05) is 17.6 Å². The van der Waals surface area contributed by atoms with Crippen LogP contribution in [0, 0.1) is 0 Å². The Hall–Kier alpha value is -1.82. The van der Waals surface area contributed by atoms with Gasteiger partial charge in [0.15, 0.2) is 9.84 Å². The van der Waals surface area contributed by atoms with Gasteiger partial charge in [-0.05, 0) is 37.1 Å². The van der Waals surface area contributed by atoms with E-state index in [1.54, 1.807) is 25.3 Å². The average Bonchev–Trinajstić information content (AvgIpc) is 3.01. The molecular weight excluding hydrogens is 286 g/mol. The zero-order chi connectivity index (χ0) is 15.1. The summed E-state index contributed by atoms with van der Waals surface area (Å²) in [5.41, 5.74) is 0.952. The van der Waals surface area contributed by atoms with E-state index in [2.05, 4.69) is 14.9 Å². The molecule has 0 bridgehead atoms. The average molecular weight is 307 g/mol. The highest BCUT2D eigenvalue weighted by molar-refractivity contribution is 7.91. The van der Waals surface area contributed by atoms with Crippen molar-refractivity contribution in [2.45, 2.75) is 31.2 Å². The first-order valence-corrected chi connectivity index (χ1v) is 8.79. The third-order valence-electron chi connectivity index (χ3n) is 3.32. The van der Waals surface area contributed by atoms with Gasteiger partial charge in [-0.1, -0.05) is 6.92 Å². The molecule has 0 spiro atoms. The van der Waals surface area contributed by atoms with Crippen LogP contribution in [0.25, 0.3) is 0 Å². The summed E-state index contributed by atoms with van der Waals surface area (Å²) in [6.45, 7) is 3.49. The fraction of sp³-hybridized carbons (Fsp3) is 0.400. The topological polar surface area (TPSA) is 64.0 Å². The van der Waals surface area contributed by atoms with Crippen LogP contribution >= 0.6 is 0 Å². The molecule has 1 heterocycles. The lowest BCUT2D eigenvalue weighted by atomic mass is 10.3. The SMILES string of the molecule is CCS(=O)(=O)c1ccc(NCCCCn2ccnc2)cc1. The molecule has 1 aromatic heterocycles. The number of aromatic nitrogens is 2. The van der Waals surface area contributed by atoms with Crippen LogP contribution in [0.2, 0.25) is 0 Å². The molecule has 0 radical (unpaired) electrons. The Morgan fingerprint density at radius 2 is 1.95 bits per heavy atom. The summed E-state index contributed by atoms with van der Waals surface area (Å²) in [4.78, 5) is 4.39. The Bertz CT molecular complexity index is 634. The van der Waals surface area contributed by atoms with Crippen molar-refractivity contribution in [1.82, 2.24) is 9.55 Å². The van der Waals surface area contributed by atoms with E-state index in [1.807, 2.05) is 24.7 Å². The highest BCUT2D eigenvalue weighted by atomic mass is 32.2. The number of unbranched alkanes of at least 4 members (excludes halogenated alkanes) is 1. The molecule has 0 unspecified atom stereocenters. The number of sulfone groups is 1. The van der Waals surface area contributed by atoms with E-state index >= 15 is 0 Å². The predicted molar refractivity (Wildman–Crippen MR) is 84.1 cm³/mol. The number of aryl methyl sites for hydroxylation is 1. The van der Waals surface area contributed by atoms with Crippen molar-refractivity contribution in [3.63, 3.8) is 0 Å². The first-order valence-electron chi connectivity index (χ1n) is 7.14. The van der Waals surface area contributed by atoms with Crippen LogP contribution in [-0.2, 0) is 16.4 Å². The molecule has 21 heavy (non-hydrogen) atoms. The quantitative estimate of drug-likeness (QED) is 0.761.